The van der Waals surface area contributed by atoms with Crippen molar-refractivity contribution in [1.29, 1.82) is 0 Å². The number of hydrogen-bond donors (Lipinski definition) is 3. The summed E-state index contributed by atoms with van der Waals surface area (Å²) in [5.74, 6) is -0.727. The highest BCUT2D eigenvalue weighted by Gasteiger charge is 2.43. The molecule has 1 aliphatic carbocycles. The first-order chi connectivity index (χ1) is 14.6. The largest absolute Gasteiger partial charge is 0.322 e. The summed E-state index contributed by atoms with van der Waals surface area (Å²) in [5.41, 5.74) is 3.01. The molecule has 0 radical (unpaired) electrons. The van der Waals surface area contributed by atoms with E-state index in [1.165, 1.54) is 44.1 Å². The van der Waals surface area contributed by atoms with Crippen molar-refractivity contribution in [3.63, 3.8) is 0 Å². The molecule has 160 valence electrons. The second-order valence-corrected chi connectivity index (χ2v) is 9.26. The highest BCUT2D eigenvalue weighted by atomic mass is 16.2. The smallest absolute Gasteiger partial charge is 0.255 e. The van der Waals surface area contributed by atoms with Crippen molar-refractivity contribution >= 4 is 17.7 Å². The summed E-state index contributed by atoms with van der Waals surface area (Å²) in [7, 11) is 0. The molecular formula is C23H30N4O3. The molecule has 1 aromatic carbocycles. The molecule has 3 unspecified atom stereocenters. The van der Waals surface area contributed by atoms with Gasteiger partial charge in [0.2, 0.25) is 11.8 Å². The second-order valence-electron chi connectivity index (χ2n) is 9.26. The van der Waals surface area contributed by atoms with Gasteiger partial charge in [-0.25, -0.2) is 0 Å². The maximum atomic E-state index is 12.9. The first-order valence-electron chi connectivity index (χ1n) is 11.3. The predicted octanol–water partition coefficient (Wildman–Crippen LogP) is 1.60. The van der Waals surface area contributed by atoms with E-state index in [1.807, 2.05) is 12.1 Å². The van der Waals surface area contributed by atoms with Crippen LogP contribution in [0.25, 0.3) is 0 Å². The zero-order chi connectivity index (χ0) is 20.7. The summed E-state index contributed by atoms with van der Waals surface area (Å²) in [4.78, 5) is 38.1. The van der Waals surface area contributed by atoms with E-state index in [2.05, 4.69) is 22.0 Å². The van der Waals surface area contributed by atoms with Gasteiger partial charge in [0.25, 0.3) is 5.91 Å². The number of hydrogen-bond acceptors (Lipinski definition) is 5. The molecule has 3 amide bonds. The van der Waals surface area contributed by atoms with Crippen LogP contribution in [0.5, 0.6) is 0 Å². The lowest BCUT2D eigenvalue weighted by Gasteiger charge is -2.35. The molecule has 3 aliphatic heterocycles. The Labute approximate surface area is 177 Å². The van der Waals surface area contributed by atoms with E-state index in [1.54, 1.807) is 4.90 Å². The molecular weight excluding hydrogens is 380 g/mol. The van der Waals surface area contributed by atoms with Gasteiger partial charge in [0, 0.05) is 36.7 Å². The molecule has 0 spiro atoms. The second kappa shape index (κ2) is 7.78. The van der Waals surface area contributed by atoms with Crippen molar-refractivity contribution in [2.24, 2.45) is 0 Å². The van der Waals surface area contributed by atoms with Crippen LogP contribution in [0.2, 0.25) is 0 Å². The van der Waals surface area contributed by atoms with Crippen LogP contribution in [-0.2, 0) is 22.7 Å². The van der Waals surface area contributed by atoms with E-state index in [-0.39, 0.29) is 29.7 Å². The minimum Gasteiger partial charge on any atom is -0.322 e. The van der Waals surface area contributed by atoms with E-state index in [4.69, 9.17) is 0 Å². The minimum absolute atomic E-state index is 0.110. The third kappa shape index (κ3) is 3.44. The Kier molecular flexibility index (Phi) is 5.11. The van der Waals surface area contributed by atoms with Crippen molar-refractivity contribution in [2.75, 3.05) is 6.54 Å². The molecule has 7 nitrogen and oxygen atoms in total. The number of fused-ring (bicyclic) bond motifs is 2. The van der Waals surface area contributed by atoms with Crippen molar-refractivity contribution in [3.8, 4) is 0 Å². The Morgan fingerprint density at radius 2 is 2.00 bits per heavy atom. The topological polar surface area (TPSA) is 90.5 Å². The van der Waals surface area contributed by atoms with Gasteiger partial charge < -0.3 is 15.5 Å². The zero-order valence-corrected chi connectivity index (χ0v) is 17.3. The number of carbonyl (C=O) groups excluding carboxylic acids is 3. The number of rotatable bonds is 4. The standard InChI is InChI=1S/C23H30N4O3/c28-20-8-7-18(21(29)26-20)27-14-16-12-15(5-6-17(16)22(27)30)13-25-23-9-3-1-2-4-19(23)24-11-10-23/h5-6,12,18-19,24-25H,1-4,7-11,13-14H2,(H,26,28,29). The van der Waals surface area contributed by atoms with Gasteiger partial charge in [-0.1, -0.05) is 31.4 Å². The third-order valence-electron chi connectivity index (χ3n) is 7.48. The van der Waals surface area contributed by atoms with Crippen LogP contribution in [0.4, 0.5) is 0 Å². The van der Waals surface area contributed by atoms with E-state index in [0.717, 1.165) is 18.7 Å². The van der Waals surface area contributed by atoms with Crippen LogP contribution in [0.15, 0.2) is 18.2 Å². The molecule has 30 heavy (non-hydrogen) atoms. The van der Waals surface area contributed by atoms with Gasteiger partial charge in [-0.3, -0.25) is 19.7 Å². The van der Waals surface area contributed by atoms with E-state index in [9.17, 15) is 14.4 Å². The molecule has 3 N–H and O–H groups in total. The molecule has 1 saturated carbocycles. The zero-order valence-electron chi connectivity index (χ0n) is 17.3. The minimum atomic E-state index is -0.556. The predicted molar refractivity (Wildman–Crippen MR) is 112 cm³/mol. The molecule has 4 aliphatic rings. The van der Waals surface area contributed by atoms with E-state index >= 15 is 0 Å². The highest BCUT2D eigenvalue weighted by molar-refractivity contribution is 6.05. The summed E-state index contributed by atoms with van der Waals surface area (Å²) >= 11 is 0. The number of piperidine rings is 1. The quantitative estimate of drug-likeness (QED) is 0.656. The molecule has 5 rings (SSSR count). The summed E-state index contributed by atoms with van der Waals surface area (Å²) in [5, 5.41) is 9.94. The van der Waals surface area contributed by atoms with Crippen molar-refractivity contribution in [2.45, 2.75) is 82.1 Å². The van der Waals surface area contributed by atoms with Crippen molar-refractivity contribution < 1.29 is 14.4 Å². The molecule has 3 fully saturated rings. The van der Waals surface area contributed by atoms with Gasteiger partial charge in [0.15, 0.2) is 0 Å². The SMILES string of the molecule is O=C1CCC(N2Cc3cc(CNC45CCCCCC4NCC5)ccc3C2=O)C(=O)N1. The number of benzene rings is 1. The lowest BCUT2D eigenvalue weighted by Crippen LogP contribution is -2.53. The summed E-state index contributed by atoms with van der Waals surface area (Å²) in [6.07, 6.45) is 8.22. The van der Waals surface area contributed by atoms with Gasteiger partial charge in [0.05, 0.1) is 0 Å². The average molecular weight is 411 g/mol. The highest BCUT2D eigenvalue weighted by Crippen LogP contribution is 2.34. The molecule has 1 aromatic rings. The van der Waals surface area contributed by atoms with Crippen molar-refractivity contribution in [1.82, 2.24) is 20.9 Å². The van der Waals surface area contributed by atoms with Crippen LogP contribution in [-0.4, -0.2) is 46.8 Å². The Morgan fingerprint density at radius 3 is 2.87 bits per heavy atom. The number of imide groups is 1. The number of nitrogens with zero attached hydrogens (tertiary/aromatic N) is 1. The normalized spacial score (nSPS) is 31.3. The van der Waals surface area contributed by atoms with E-state index in [0.29, 0.717) is 24.6 Å². The molecule has 2 saturated heterocycles. The van der Waals surface area contributed by atoms with Gasteiger partial charge in [-0.2, -0.15) is 0 Å². The Morgan fingerprint density at radius 1 is 1.10 bits per heavy atom. The number of carbonyl (C=O) groups is 3. The third-order valence-corrected chi connectivity index (χ3v) is 7.48. The van der Waals surface area contributed by atoms with Crippen LogP contribution in [0.3, 0.4) is 0 Å². The van der Waals surface area contributed by atoms with Crippen LogP contribution >= 0.6 is 0 Å². The molecule has 3 atom stereocenters. The van der Waals surface area contributed by atoms with E-state index < -0.39 is 6.04 Å². The lowest BCUT2D eigenvalue weighted by molar-refractivity contribution is -0.136. The lowest BCUT2D eigenvalue weighted by atomic mass is 9.85. The molecule has 0 bridgehead atoms. The average Bonchev–Trinajstić information content (AvgIpc) is 3.21. The van der Waals surface area contributed by atoms with Gasteiger partial charge >= 0.3 is 0 Å². The molecule has 0 aromatic heterocycles. The molecule has 3 heterocycles. The summed E-state index contributed by atoms with van der Waals surface area (Å²) in [6.45, 7) is 2.30. The monoisotopic (exact) mass is 410 g/mol. The fraction of sp³-hybridized carbons (Fsp3) is 0.609. The first kappa shape index (κ1) is 19.7. The number of nitrogens with one attached hydrogen (secondary N) is 3. The van der Waals surface area contributed by atoms with Crippen LogP contribution in [0.1, 0.15) is 72.9 Å². The summed E-state index contributed by atoms with van der Waals surface area (Å²) < 4.78 is 0. The molecule has 7 heteroatoms. The Hall–Kier alpha value is -2.25. The summed E-state index contributed by atoms with van der Waals surface area (Å²) in [6, 6.07) is 6.04. The van der Waals surface area contributed by atoms with Crippen LogP contribution in [0, 0.1) is 0 Å². The maximum absolute atomic E-state index is 12.9. The van der Waals surface area contributed by atoms with Gasteiger partial charge in [-0.05, 0) is 49.4 Å². The van der Waals surface area contributed by atoms with Crippen LogP contribution < -0.4 is 16.0 Å². The van der Waals surface area contributed by atoms with Crippen molar-refractivity contribution in [3.05, 3.63) is 34.9 Å². The fourth-order valence-corrected chi connectivity index (χ4v) is 5.80. The maximum Gasteiger partial charge on any atom is 0.255 e. The Bertz CT molecular complexity index is 885. The van der Waals surface area contributed by atoms with Gasteiger partial charge in [0.1, 0.15) is 6.04 Å². The Balaban J connectivity index is 1.29. The fourth-order valence-electron chi connectivity index (χ4n) is 5.80. The first-order valence-corrected chi connectivity index (χ1v) is 11.3. The van der Waals surface area contributed by atoms with Gasteiger partial charge in [-0.15, -0.1) is 0 Å². The number of amides is 3.